The van der Waals surface area contributed by atoms with Crippen molar-refractivity contribution in [3.8, 4) is 0 Å². The molecule has 2 rings (SSSR count). The fourth-order valence-corrected chi connectivity index (χ4v) is 4.21. The van der Waals surface area contributed by atoms with Gasteiger partial charge in [0.05, 0.1) is 17.0 Å². The van der Waals surface area contributed by atoms with E-state index in [0.717, 1.165) is 31.1 Å². The number of anilines is 1. The molecule has 1 unspecified atom stereocenters. The van der Waals surface area contributed by atoms with Gasteiger partial charge in [0.25, 0.3) is 0 Å². The van der Waals surface area contributed by atoms with Gasteiger partial charge in [-0.2, -0.15) is 0 Å². The largest absolute Gasteiger partial charge is 0.281 e. The van der Waals surface area contributed by atoms with Crippen LogP contribution in [0, 0.1) is 5.92 Å². The molecule has 120 valence electrons. The summed E-state index contributed by atoms with van der Waals surface area (Å²) in [5, 5.41) is 0.931. The predicted molar refractivity (Wildman–Crippen MR) is 92.5 cm³/mol. The lowest BCUT2D eigenvalue weighted by molar-refractivity contribution is 0.485. The topological polar surface area (TPSA) is 59.1 Å². The Morgan fingerprint density at radius 2 is 1.95 bits per heavy atom. The van der Waals surface area contributed by atoms with Crippen LogP contribution < -0.4 is 4.72 Å². The zero-order valence-corrected chi connectivity index (χ0v) is 14.1. The number of hydrogen-bond acceptors (Lipinski definition) is 3. The molecule has 0 aliphatic rings. The molecule has 22 heavy (non-hydrogen) atoms. The van der Waals surface area contributed by atoms with E-state index in [2.05, 4.69) is 23.6 Å². The lowest BCUT2D eigenvalue weighted by atomic mass is 10.0. The fraction of sp³-hybridized carbons (Fsp3) is 0.471. The Kier molecular flexibility index (Phi) is 5.77. The van der Waals surface area contributed by atoms with Crippen LogP contribution in [0.5, 0.6) is 0 Å². The Bertz CT molecular complexity index is 708. The van der Waals surface area contributed by atoms with Crippen LogP contribution in [0.4, 0.5) is 5.69 Å². The van der Waals surface area contributed by atoms with Gasteiger partial charge < -0.3 is 0 Å². The lowest BCUT2D eigenvalue weighted by Crippen LogP contribution is -2.22. The number of para-hydroxylation sites is 1. The molecule has 4 nitrogen and oxygen atoms in total. The average Bonchev–Trinajstić information content (AvgIpc) is 2.51. The number of benzene rings is 1. The molecule has 1 N–H and O–H groups in total. The van der Waals surface area contributed by atoms with Crippen LogP contribution in [0.3, 0.4) is 0 Å². The van der Waals surface area contributed by atoms with E-state index in [4.69, 9.17) is 0 Å². The number of nitrogens with one attached hydrogen (secondary N) is 1. The zero-order chi connectivity index (χ0) is 16.0. The van der Waals surface area contributed by atoms with Gasteiger partial charge in [-0.05, 0) is 24.5 Å². The highest BCUT2D eigenvalue weighted by atomic mass is 32.2. The number of pyridine rings is 1. The van der Waals surface area contributed by atoms with E-state index in [1.807, 2.05) is 24.3 Å². The maximum atomic E-state index is 12.4. The van der Waals surface area contributed by atoms with E-state index in [0.29, 0.717) is 11.2 Å². The Hall–Kier alpha value is -1.62. The third kappa shape index (κ3) is 4.44. The van der Waals surface area contributed by atoms with Crippen molar-refractivity contribution in [1.82, 2.24) is 4.98 Å². The minimum atomic E-state index is -3.36. The smallest absolute Gasteiger partial charge is 0.233 e. The minimum absolute atomic E-state index is 0.173. The Labute approximate surface area is 133 Å². The highest BCUT2D eigenvalue weighted by molar-refractivity contribution is 7.92. The molecule has 0 aliphatic heterocycles. The molecule has 0 saturated heterocycles. The molecule has 1 aromatic carbocycles. The summed E-state index contributed by atoms with van der Waals surface area (Å²) in [7, 11) is -3.36. The van der Waals surface area contributed by atoms with Crippen LogP contribution in [0.25, 0.3) is 10.9 Å². The molecule has 0 radical (unpaired) electrons. The Balaban J connectivity index is 2.16. The van der Waals surface area contributed by atoms with Gasteiger partial charge in [-0.1, -0.05) is 51.3 Å². The van der Waals surface area contributed by atoms with Crippen molar-refractivity contribution in [3.63, 3.8) is 0 Å². The normalized spacial score (nSPS) is 13.2. The first kappa shape index (κ1) is 16.7. The summed E-state index contributed by atoms with van der Waals surface area (Å²) >= 11 is 0. The highest BCUT2D eigenvalue weighted by Gasteiger charge is 2.18. The first-order chi connectivity index (χ1) is 10.6. The van der Waals surface area contributed by atoms with Crippen molar-refractivity contribution in [2.24, 2.45) is 5.92 Å². The molecule has 0 spiro atoms. The predicted octanol–water partition coefficient (Wildman–Crippen LogP) is 4.19. The second-order valence-corrected chi connectivity index (χ2v) is 7.45. The molecule has 0 amide bonds. The Morgan fingerprint density at radius 3 is 2.68 bits per heavy atom. The maximum absolute atomic E-state index is 12.4. The summed E-state index contributed by atoms with van der Waals surface area (Å²) in [6.45, 7) is 4.18. The van der Waals surface area contributed by atoms with E-state index in [1.54, 1.807) is 12.3 Å². The molecular formula is C17H24N2O2S. The van der Waals surface area contributed by atoms with Crippen molar-refractivity contribution >= 4 is 26.6 Å². The average molecular weight is 320 g/mol. The number of unbranched alkanes of at least 4 members (excludes halogenated alkanes) is 1. The molecule has 0 saturated carbocycles. The van der Waals surface area contributed by atoms with Crippen LogP contribution in [-0.2, 0) is 10.0 Å². The zero-order valence-electron chi connectivity index (χ0n) is 13.2. The monoisotopic (exact) mass is 320 g/mol. The van der Waals surface area contributed by atoms with Crippen molar-refractivity contribution in [2.45, 2.75) is 39.5 Å². The van der Waals surface area contributed by atoms with Gasteiger partial charge in [0, 0.05) is 11.6 Å². The summed E-state index contributed by atoms with van der Waals surface area (Å²) in [4.78, 5) is 4.29. The SMILES string of the molecule is CCCCC(CC)CS(=O)(=O)Nc1cccc2cccnc12. The molecule has 0 bridgehead atoms. The van der Waals surface area contributed by atoms with Crippen LogP contribution in [-0.4, -0.2) is 19.2 Å². The van der Waals surface area contributed by atoms with Gasteiger partial charge >= 0.3 is 0 Å². The van der Waals surface area contributed by atoms with Gasteiger partial charge in [-0.15, -0.1) is 0 Å². The van der Waals surface area contributed by atoms with Gasteiger partial charge in [-0.3, -0.25) is 9.71 Å². The minimum Gasteiger partial charge on any atom is -0.281 e. The number of sulfonamides is 1. The van der Waals surface area contributed by atoms with Crippen LogP contribution in [0.2, 0.25) is 0 Å². The molecule has 1 heterocycles. The van der Waals surface area contributed by atoms with E-state index in [1.165, 1.54) is 0 Å². The van der Waals surface area contributed by atoms with Crippen molar-refractivity contribution in [1.29, 1.82) is 0 Å². The van der Waals surface area contributed by atoms with E-state index in [-0.39, 0.29) is 11.7 Å². The summed E-state index contributed by atoms with van der Waals surface area (Å²) in [6.07, 6.45) is 5.69. The molecule has 0 fully saturated rings. The number of rotatable bonds is 8. The second kappa shape index (κ2) is 7.58. The second-order valence-electron chi connectivity index (χ2n) is 5.68. The number of aromatic nitrogens is 1. The molecule has 2 aromatic rings. The van der Waals surface area contributed by atoms with Crippen molar-refractivity contribution in [2.75, 3.05) is 10.5 Å². The van der Waals surface area contributed by atoms with Crippen LogP contribution in [0.15, 0.2) is 36.5 Å². The summed E-state index contributed by atoms with van der Waals surface area (Å²) in [5.41, 5.74) is 1.25. The lowest BCUT2D eigenvalue weighted by Gasteiger charge is -2.16. The van der Waals surface area contributed by atoms with E-state index in [9.17, 15) is 8.42 Å². The quantitative estimate of drug-likeness (QED) is 0.793. The van der Waals surface area contributed by atoms with Gasteiger partial charge in [0.2, 0.25) is 10.0 Å². The summed E-state index contributed by atoms with van der Waals surface area (Å²) in [5.74, 6) is 0.382. The van der Waals surface area contributed by atoms with Gasteiger partial charge in [0.1, 0.15) is 0 Å². The highest BCUT2D eigenvalue weighted by Crippen LogP contribution is 2.23. The van der Waals surface area contributed by atoms with Crippen LogP contribution in [0.1, 0.15) is 39.5 Å². The summed E-state index contributed by atoms with van der Waals surface area (Å²) in [6, 6.07) is 9.31. The molecular weight excluding hydrogens is 296 g/mol. The standard InChI is InChI=1S/C17H24N2O2S/c1-3-5-8-14(4-2)13-22(20,21)19-16-11-6-9-15-10-7-12-18-17(15)16/h6-7,9-12,14,19H,3-5,8,13H2,1-2H3. The first-order valence-electron chi connectivity index (χ1n) is 7.90. The van der Waals surface area contributed by atoms with E-state index < -0.39 is 10.0 Å². The number of fused-ring (bicyclic) bond motifs is 1. The third-order valence-corrected chi connectivity index (χ3v) is 5.34. The molecule has 5 heteroatoms. The maximum Gasteiger partial charge on any atom is 0.233 e. The molecule has 0 aliphatic carbocycles. The Morgan fingerprint density at radius 1 is 1.18 bits per heavy atom. The first-order valence-corrected chi connectivity index (χ1v) is 9.55. The molecule has 1 aromatic heterocycles. The van der Waals surface area contributed by atoms with Crippen molar-refractivity contribution < 1.29 is 8.42 Å². The van der Waals surface area contributed by atoms with E-state index >= 15 is 0 Å². The van der Waals surface area contributed by atoms with Crippen molar-refractivity contribution in [3.05, 3.63) is 36.5 Å². The van der Waals surface area contributed by atoms with Crippen LogP contribution >= 0.6 is 0 Å². The fourth-order valence-electron chi connectivity index (χ4n) is 2.60. The summed E-state index contributed by atoms with van der Waals surface area (Å²) < 4.78 is 27.6. The van der Waals surface area contributed by atoms with Gasteiger partial charge in [-0.25, -0.2) is 8.42 Å². The molecule has 1 atom stereocenters. The third-order valence-electron chi connectivity index (χ3n) is 3.90. The van der Waals surface area contributed by atoms with Gasteiger partial charge in [0.15, 0.2) is 0 Å². The number of nitrogens with zero attached hydrogens (tertiary/aromatic N) is 1. The number of hydrogen-bond donors (Lipinski definition) is 1.